The van der Waals surface area contributed by atoms with E-state index in [1.54, 1.807) is 0 Å². The minimum absolute atomic E-state index is 0.265. The Morgan fingerprint density at radius 1 is 1.15 bits per heavy atom. The molecule has 0 radical (unpaired) electrons. The van der Waals surface area contributed by atoms with Crippen LogP contribution in [-0.2, 0) is 12.8 Å². The summed E-state index contributed by atoms with van der Waals surface area (Å²) in [5.74, 6) is 0.681. The lowest BCUT2D eigenvalue weighted by molar-refractivity contribution is 0.0970. The number of anilines is 1. The molecule has 0 bridgehead atoms. The fraction of sp³-hybridized carbons (Fsp3) is 0.278. The van der Waals surface area contributed by atoms with E-state index in [0.29, 0.717) is 12.3 Å². The highest BCUT2D eigenvalue weighted by Crippen LogP contribution is 2.38. The van der Waals surface area contributed by atoms with Crippen LogP contribution in [0.3, 0.4) is 0 Å². The van der Waals surface area contributed by atoms with E-state index in [-0.39, 0.29) is 5.78 Å². The second-order valence-electron chi connectivity index (χ2n) is 5.78. The minimum Gasteiger partial charge on any atom is -0.384 e. The number of ketones is 1. The smallest absolute Gasteiger partial charge is 0.163 e. The van der Waals surface area contributed by atoms with Crippen molar-refractivity contribution in [2.24, 2.45) is 0 Å². The lowest BCUT2D eigenvalue weighted by Crippen LogP contribution is -2.20. The maximum absolute atomic E-state index is 12.4. The first-order chi connectivity index (χ1) is 9.81. The van der Waals surface area contributed by atoms with Crippen molar-refractivity contribution in [1.82, 2.24) is 0 Å². The van der Waals surface area contributed by atoms with Crippen molar-refractivity contribution in [3.63, 3.8) is 0 Å². The fourth-order valence-electron chi connectivity index (χ4n) is 3.35. The maximum Gasteiger partial charge on any atom is 0.163 e. The third kappa shape index (κ3) is 1.83. The molecule has 1 unspecified atom stereocenters. The number of hydrogen-bond donors (Lipinski definition) is 1. The summed E-state index contributed by atoms with van der Waals surface area (Å²) in [6.45, 7) is 0.989. The predicted molar refractivity (Wildman–Crippen MR) is 80.5 cm³/mol. The van der Waals surface area contributed by atoms with Crippen LogP contribution in [0.25, 0.3) is 0 Å². The Bertz CT molecular complexity index is 690. The van der Waals surface area contributed by atoms with Crippen LogP contribution >= 0.6 is 0 Å². The van der Waals surface area contributed by atoms with Gasteiger partial charge in [0.1, 0.15) is 0 Å². The van der Waals surface area contributed by atoms with Crippen molar-refractivity contribution in [1.29, 1.82) is 0 Å². The summed E-state index contributed by atoms with van der Waals surface area (Å²) in [7, 11) is 0. The third-order valence-electron chi connectivity index (χ3n) is 4.53. The molecule has 1 atom stereocenters. The van der Waals surface area contributed by atoms with Crippen LogP contribution in [-0.4, -0.2) is 12.3 Å². The topological polar surface area (TPSA) is 29.1 Å². The molecule has 2 aromatic carbocycles. The highest BCUT2D eigenvalue weighted by molar-refractivity contribution is 5.98. The zero-order chi connectivity index (χ0) is 13.5. The Labute approximate surface area is 118 Å². The first-order valence-electron chi connectivity index (χ1n) is 7.29. The van der Waals surface area contributed by atoms with Crippen LogP contribution in [0.2, 0.25) is 0 Å². The molecule has 0 aromatic heterocycles. The largest absolute Gasteiger partial charge is 0.384 e. The number of nitrogens with one attached hydrogen (secondary N) is 1. The molecule has 2 heteroatoms. The van der Waals surface area contributed by atoms with Gasteiger partial charge in [-0.05, 0) is 41.5 Å². The van der Waals surface area contributed by atoms with Crippen LogP contribution in [0.15, 0.2) is 42.5 Å². The highest BCUT2D eigenvalue weighted by Gasteiger charge is 2.28. The second-order valence-corrected chi connectivity index (χ2v) is 5.78. The lowest BCUT2D eigenvalue weighted by Gasteiger charge is -2.29. The monoisotopic (exact) mass is 263 g/mol. The van der Waals surface area contributed by atoms with Gasteiger partial charge in [-0.2, -0.15) is 0 Å². The van der Waals surface area contributed by atoms with E-state index in [1.165, 1.54) is 16.7 Å². The molecule has 0 fully saturated rings. The molecule has 0 spiro atoms. The van der Waals surface area contributed by atoms with Gasteiger partial charge < -0.3 is 5.32 Å². The molecule has 1 aliphatic heterocycles. The maximum atomic E-state index is 12.4. The van der Waals surface area contributed by atoms with Crippen LogP contribution in [0.5, 0.6) is 0 Å². The van der Waals surface area contributed by atoms with Gasteiger partial charge in [0.15, 0.2) is 5.78 Å². The Hall–Kier alpha value is -2.09. The van der Waals surface area contributed by atoms with Crippen molar-refractivity contribution in [3.05, 3.63) is 64.7 Å². The van der Waals surface area contributed by atoms with Crippen LogP contribution in [0.4, 0.5) is 5.69 Å². The van der Waals surface area contributed by atoms with Gasteiger partial charge in [-0.25, -0.2) is 0 Å². The average Bonchev–Trinajstić information content (AvgIpc) is 2.92. The van der Waals surface area contributed by atoms with Gasteiger partial charge in [0.25, 0.3) is 0 Å². The summed E-state index contributed by atoms with van der Waals surface area (Å²) in [5, 5.41) is 3.34. The summed E-state index contributed by atoms with van der Waals surface area (Å²) in [4.78, 5) is 12.4. The van der Waals surface area contributed by atoms with E-state index < -0.39 is 0 Å². The Balaban J connectivity index is 1.52. The molecule has 2 aromatic rings. The van der Waals surface area contributed by atoms with Crippen LogP contribution in [0.1, 0.15) is 39.4 Å². The first kappa shape index (κ1) is 11.7. The number of Topliss-reactive ketones (excluding diaryl/α,β-unsaturated/α-hetero) is 1. The van der Waals surface area contributed by atoms with Crippen molar-refractivity contribution in [3.8, 4) is 0 Å². The molecular weight excluding hydrogens is 246 g/mol. The molecule has 1 aliphatic carbocycles. The van der Waals surface area contributed by atoms with Crippen LogP contribution in [0, 0.1) is 0 Å². The second kappa shape index (κ2) is 4.48. The Kier molecular flexibility index (Phi) is 2.62. The summed E-state index contributed by atoms with van der Waals surface area (Å²) < 4.78 is 0. The zero-order valence-electron chi connectivity index (χ0n) is 11.4. The van der Waals surface area contributed by atoms with E-state index in [4.69, 9.17) is 0 Å². The van der Waals surface area contributed by atoms with E-state index in [2.05, 4.69) is 35.6 Å². The van der Waals surface area contributed by atoms with Gasteiger partial charge in [0, 0.05) is 24.2 Å². The molecule has 0 saturated heterocycles. The third-order valence-corrected chi connectivity index (χ3v) is 4.53. The Morgan fingerprint density at radius 3 is 2.95 bits per heavy atom. The normalized spacial score (nSPS) is 18.7. The molecule has 20 heavy (non-hydrogen) atoms. The van der Waals surface area contributed by atoms with Crippen molar-refractivity contribution < 1.29 is 4.79 Å². The molecule has 1 N–H and O–H groups in total. The number of benzene rings is 2. The number of hydrogen-bond acceptors (Lipinski definition) is 2. The summed E-state index contributed by atoms with van der Waals surface area (Å²) in [5.41, 5.74) is 6.09. The summed E-state index contributed by atoms with van der Waals surface area (Å²) >= 11 is 0. The predicted octanol–water partition coefficient (Wildman–Crippen LogP) is 3.57. The summed E-state index contributed by atoms with van der Waals surface area (Å²) in [6, 6.07) is 14.6. The zero-order valence-corrected chi connectivity index (χ0v) is 11.4. The van der Waals surface area contributed by atoms with Gasteiger partial charge >= 0.3 is 0 Å². The number of rotatable bonds is 3. The van der Waals surface area contributed by atoms with E-state index in [0.717, 1.165) is 30.6 Å². The molecule has 0 amide bonds. The number of fused-ring (bicyclic) bond motifs is 2. The molecule has 100 valence electrons. The summed E-state index contributed by atoms with van der Waals surface area (Å²) in [6.07, 6.45) is 2.75. The molecule has 1 heterocycles. The number of carbonyl (C=O) groups is 1. The van der Waals surface area contributed by atoms with Gasteiger partial charge in [-0.1, -0.05) is 36.4 Å². The van der Waals surface area contributed by atoms with Crippen molar-refractivity contribution in [2.45, 2.75) is 25.2 Å². The molecule has 2 aliphatic rings. The van der Waals surface area contributed by atoms with Gasteiger partial charge in [0.05, 0.1) is 0 Å². The molecular formula is C18H17NO. The average molecular weight is 263 g/mol. The fourth-order valence-corrected chi connectivity index (χ4v) is 3.35. The minimum atomic E-state index is 0.265. The highest BCUT2D eigenvalue weighted by atomic mass is 16.1. The number of carbonyl (C=O) groups excluding carboxylic acids is 1. The van der Waals surface area contributed by atoms with Crippen molar-refractivity contribution in [2.75, 3.05) is 11.9 Å². The van der Waals surface area contributed by atoms with E-state index >= 15 is 0 Å². The lowest BCUT2D eigenvalue weighted by atomic mass is 9.74. The molecule has 0 saturated carbocycles. The first-order valence-corrected chi connectivity index (χ1v) is 7.29. The standard InChI is InChI=1S/C18H17NO/c20-18(11-15-9-13-3-1-2-4-16(13)15)14-6-5-12-7-8-19-17(12)10-14/h1-6,10,15,19H,7-9,11H2. The SMILES string of the molecule is O=C(CC1Cc2ccccc21)c1ccc2c(c1)NCC2. The van der Waals surface area contributed by atoms with Gasteiger partial charge in [-0.3, -0.25) is 4.79 Å². The van der Waals surface area contributed by atoms with Crippen molar-refractivity contribution >= 4 is 11.5 Å². The van der Waals surface area contributed by atoms with E-state index in [1.807, 2.05) is 12.1 Å². The van der Waals surface area contributed by atoms with Gasteiger partial charge in [-0.15, -0.1) is 0 Å². The van der Waals surface area contributed by atoms with Gasteiger partial charge in [0.2, 0.25) is 0 Å². The van der Waals surface area contributed by atoms with Crippen LogP contribution < -0.4 is 5.32 Å². The van der Waals surface area contributed by atoms with E-state index in [9.17, 15) is 4.79 Å². The molecule has 2 nitrogen and oxygen atoms in total. The molecule has 4 rings (SSSR count). The Morgan fingerprint density at radius 2 is 2.05 bits per heavy atom. The quantitative estimate of drug-likeness (QED) is 0.858.